The Hall–Kier alpha value is -2.00. The van der Waals surface area contributed by atoms with E-state index in [4.69, 9.17) is 16.3 Å². The summed E-state index contributed by atoms with van der Waals surface area (Å²) in [7, 11) is 0. The third-order valence-electron chi connectivity index (χ3n) is 3.76. The zero-order valence-corrected chi connectivity index (χ0v) is 13.2. The van der Waals surface area contributed by atoms with Crippen molar-refractivity contribution in [1.29, 1.82) is 0 Å². The third kappa shape index (κ3) is 3.09. The molecule has 22 heavy (non-hydrogen) atoms. The largest absolute Gasteiger partial charge is 0.486 e. The summed E-state index contributed by atoms with van der Waals surface area (Å²) in [4.78, 5) is 14.7. The molecule has 0 saturated carbocycles. The predicted molar refractivity (Wildman–Crippen MR) is 87.5 cm³/mol. The Kier molecular flexibility index (Phi) is 4.34. The first kappa shape index (κ1) is 14.9. The molecule has 1 aliphatic heterocycles. The molecule has 1 amide bonds. The first-order valence-corrected chi connectivity index (χ1v) is 7.87. The van der Waals surface area contributed by atoms with Gasteiger partial charge < -0.3 is 9.64 Å². The van der Waals surface area contributed by atoms with Crippen LogP contribution in [0.4, 0.5) is 0 Å². The van der Waals surface area contributed by atoms with E-state index >= 15 is 0 Å². The van der Waals surface area contributed by atoms with Gasteiger partial charge in [0.1, 0.15) is 11.9 Å². The van der Waals surface area contributed by atoms with E-state index in [1.165, 1.54) is 0 Å². The fraction of sp³-hybridized carbons (Fsp3) is 0.278. The zero-order chi connectivity index (χ0) is 15.5. The SMILES string of the molecule is Cc1ccc2c(c1)C(=O)N(Cc1ccccc1)C[C@H](CCl)O2. The monoisotopic (exact) mass is 315 g/mol. The average Bonchev–Trinajstić information content (AvgIpc) is 2.66. The standard InChI is InChI=1S/C18H18ClNO2/c1-13-7-8-17-16(9-13)18(21)20(12-15(10-19)22-17)11-14-5-3-2-4-6-14/h2-9,15H,10-12H2,1H3/t15-/m0/s1. The quantitative estimate of drug-likeness (QED) is 0.809. The summed E-state index contributed by atoms with van der Waals surface area (Å²) in [5, 5.41) is 0. The minimum absolute atomic E-state index is 0.00447. The van der Waals surface area contributed by atoms with Crippen LogP contribution in [-0.2, 0) is 6.54 Å². The molecule has 0 saturated heterocycles. The fourth-order valence-electron chi connectivity index (χ4n) is 2.65. The van der Waals surface area contributed by atoms with E-state index in [9.17, 15) is 4.79 Å². The average molecular weight is 316 g/mol. The molecule has 0 fully saturated rings. The molecule has 4 heteroatoms. The Morgan fingerprint density at radius 2 is 2.00 bits per heavy atom. The molecule has 1 aliphatic rings. The molecular formula is C18H18ClNO2. The van der Waals surface area contributed by atoms with Crippen molar-refractivity contribution in [3.05, 3.63) is 65.2 Å². The Balaban J connectivity index is 1.94. The van der Waals surface area contributed by atoms with Gasteiger partial charge in [0.15, 0.2) is 0 Å². The topological polar surface area (TPSA) is 29.5 Å². The molecule has 0 unspecified atom stereocenters. The smallest absolute Gasteiger partial charge is 0.258 e. The van der Waals surface area contributed by atoms with Gasteiger partial charge in [-0.05, 0) is 24.6 Å². The Bertz CT molecular complexity index is 672. The summed E-state index contributed by atoms with van der Waals surface area (Å²) < 4.78 is 5.90. The van der Waals surface area contributed by atoms with Crippen molar-refractivity contribution in [3.63, 3.8) is 0 Å². The van der Waals surface area contributed by atoms with Crippen LogP contribution < -0.4 is 4.74 Å². The summed E-state index contributed by atoms with van der Waals surface area (Å²) in [6.45, 7) is 3.02. The molecule has 0 N–H and O–H groups in total. The van der Waals surface area contributed by atoms with Gasteiger partial charge in [0.25, 0.3) is 5.91 Å². The van der Waals surface area contributed by atoms with Crippen molar-refractivity contribution < 1.29 is 9.53 Å². The molecule has 2 aromatic carbocycles. The van der Waals surface area contributed by atoms with Crippen molar-refractivity contribution in [1.82, 2.24) is 4.90 Å². The maximum absolute atomic E-state index is 12.9. The van der Waals surface area contributed by atoms with Gasteiger partial charge in [0.05, 0.1) is 18.0 Å². The first-order chi connectivity index (χ1) is 10.7. The number of carbonyl (C=O) groups is 1. The number of fused-ring (bicyclic) bond motifs is 1. The maximum Gasteiger partial charge on any atom is 0.258 e. The van der Waals surface area contributed by atoms with Crippen molar-refractivity contribution in [3.8, 4) is 5.75 Å². The number of halogens is 1. The molecular weight excluding hydrogens is 298 g/mol. The van der Waals surface area contributed by atoms with Crippen molar-refractivity contribution in [2.45, 2.75) is 19.6 Å². The highest BCUT2D eigenvalue weighted by Gasteiger charge is 2.28. The second kappa shape index (κ2) is 6.41. The van der Waals surface area contributed by atoms with Crippen LogP contribution in [0.15, 0.2) is 48.5 Å². The minimum atomic E-state index is -0.196. The van der Waals surface area contributed by atoms with E-state index in [-0.39, 0.29) is 12.0 Å². The van der Waals surface area contributed by atoms with Crippen LogP contribution in [0.2, 0.25) is 0 Å². The van der Waals surface area contributed by atoms with E-state index in [0.717, 1.165) is 11.1 Å². The van der Waals surface area contributed by atoms with Gasteiger partial charge in [-0.25, -0.2) is 0 Å². The lowest BCUT2D eigenvalue weighted by molar-refractivity contribution is 0.0709. The van der Waals surface area contributed by atoms with Crippen molar-refractivity contribution >= 4 is 17.5 Å². The van der Waals surface area contributed by atoms with Crippen LogP contribution in [0.5, 0.6) is 5.75 Å². The van der Waals surface area contributed by atoms with E-state index in [1.807, 2.05) is 60.4 Å². The number of carbonyl (C=O) groups excluding carboxylic acids is 1. The molecule has 0 bridgehead atoms. The minimum Gasteiger partial charge on any atom is -0.486 e. The number of amides is 1. The second-order valence-corrected chi connectivity index (χ2v) is 5.87. The molecule has 2 aromatic rings. The number of aryl methyl sites for hydroxylation is 1. The number of hydrogen-bond acceptors (Lipinski definition) is 2. The lowest BCUT2D eigenvalue weighted by Gasteiger charge is -2.23. The van der Waals surface area contributed by atoms with Crippen LogP contribution >= 0.6 is 11.6 Å². The lowest BCUT2D eigenvalue weighted by atomic mass is 10.1. The molecule has 1 atom stereocenters. The van der Waals surface area contributed by atoms with Crippen LogP contribution in [-0.4, -0.2) is 29.3 Å². The molecule has 0 aromatic heterocycles. The third-order valence-corrected chi connectivity index (χ3v) is 4.10. The highest BCUT2D eigenvalue weighted by atomic mass is 35.5. The fourth-order valence-corrected chi connectivity index (χ4v) is 2.81. The Morgan fingerprint density at radius 3 is 2.73 bits per heavy atom. The number of rotatable bonds is 3. The summed E-state index contributed by atoms with van der Waals surface area (Å²) in [6.07, 6.45) is -0.196. The van der Waals surface area contributed by atoms with Gasteiger partial charge in [-0.2, -0.15) is 0 Å². The molecule has 3 rings (SSSR count). The van der Waals surface area contributed by atoms with Gasteiger partial charge >= 0.3 is 0 Å². The summed E-state index contributed by atoms with van der Waals surface area (Å²) in [5.41, 5.74) is 2.75. The van der Waals surface area contributed by atoms with Crippen LogP contribution in [0, 0.1) is 6.92 Å². The number of alkyl halides is 1. The summed E-state index contributed by atoms with van der Waals surface area (Å²) in [5.74, 6) is 0.971. The summed E-state index contributed by atoms with van der Waals surface area (Å²) in [6, 6.07) is 15.6. The molecule has 0 spiro atoms. The van der Waals surface area contributed by atoms with Gasteiger partial charge in [0.2, 0.25) is 0 Å². The highest BCUT2D eigenvalue weighted by molar-refractivity contribution is 6.18. The molecule has 1 heterocycles. The zero-order valence-electron chi connectivity index (χ0n) is 12.5. The van der Waals surface area contributed by atoms with Crippen LogP contribution in [0.1, 0.15) is 21.5 Å². The van der Waals surface area contributed by atoms with E-state index in [0.29, 0.717) is 30.3 Å². The van der Waals surface area contributed by atoms with Crippen molar-refractivity contribution in [2.24, 2.45) is 0 Å². The molecule has 3 nitrogen and oxygen atoms in total. The van der Waals surface area contributed by atoms with Gasteiger partial charge in [-0.1, -0.05) is 42.0 Å². The number of ether oxygens (including phenoxy) is 1. The van der Waals surface area contributed by atoms with Crippen molar-refractivity contribution in [2.75, 3.05) is 12.4 Å². The van der Waals surface area contributed by atoms with Crippen LogP contribution in [0.3, 0.4) is 0 Å². The van der Waals surface area contributed by atoms with Gasteiger partial charge in [0, 0.05) is 6.54 Å². The Morgan fingerprint density at radius 1 is 1.23 bits per heavy atom. The lowest BCUT2D eigenvalue weighted by Crippen LogP contribution is -2.37. The van der Waals surface area contributed by atoms with E-state index in [1.54, 1.807) is 0 Å². The molecule has 114 valence electrons. The molecule has 0 aliphatic carbocycles. The number of hydrogen-bond donors (Lipinski definition) is 0. The number of nitrogens with zero attached hydrogens (tertiary/aromatic N) is 1. The van der Waals surface area contributed by atoms with E-state index < -0.39 is 0 Å². The maximum atomic E-state index is 12.9. The highest BCUT2D eigenvalue weighted by Crippen LogP contribution is 2.27. The van der Waals surface area contributed by atoms with E-state index in [2.05, 4.69) is 0 Å². The predicted octanol–water partition coefficient (Wildman–Crippen LogP) is 3.64. The second-order valence-electron chi connectivity index (χ2n) is 5.57. The Labute approximate surface area is 135 Å². The first-order valence-electron chi connectivity index (χ1n) is 7.34. The van der Waals surface area contributed by atoms with Gasteiger partial charge in [-0.3, -0.25) is 4.79 Å². The number of benzene rings is 2. The van der Waals surface area contributed by atoms with Crippen LogP contribution in [0.25, 0.3) is 0 Å². The summed E-state index contributed by atoms with van der Waals surface area (Å²) >= 11 is 6.00. The normalized spacial score (nSPS) is 17.6. The van der Waals surface area contributed by atoms with Gasteiger partial charge in [-0.15, -0.1) is 11.6 Å². The molecule has 0 radical (unpaired) electrons.